The Morgan fingerprint density at radius 1 is 1.36 bits per heavy atom. The van der Waals surface area contributed by atoms with Gasteiger partial charge in [-0.2, -0.15) is 0 Å². The van der Waals surface area contributed by atoms with Gasteiger partial charge >= 0.3 is 0 Å². The van der Waals surface area contributed by atoms with Crippen molar-refractivity contribution in [2.24, 2.45) is 0 Å². The highest BCUT2D eigenvalue weighted by atomic mass is 79.9. The number of aliphatic hydroxyl groups excluding tert-OH is 2. The van der Waals surface area contributed by atoms with Crippen molar-refractivity contribution in [3.8, 4) is 0 Å². The summed E-state index contributed by atoms with van der Waals surface area (Å²) in [6.07, 6.45) is -0.759. The Morgan fingerprint density at radius 3 is 2.45 bits per heavy atom. The Kier molecular flexibility index (Phi) is 8.06. The molecule has 0 aromatic carbocycles. The van der Waals surface area contributed by atoms with Crippen LogP contribution < -0.4 is 0 Å². The second-order valence-corrected chi connectivity index (χ2v) is 4.07. The lowest BCUT2D eigenvalue weighted by atomic mass is 10.4. The van der Waals surface area contributed by atoms with E-state index in [0.29, 0.717) is 6.61 Å². The van der Waals surface area contributed by atoms with Crippen molar-refractivity contribution in [1.82, 2.24) is 0 Å². The van der Waals surface area contributed by atoms with Gasteiger partial charge in [-0.25, -0.2) is 0 Å². The maximum atomic E-state index is 8.84. The third kappa shape index (κ3) is 7.21. The minimum absolute atomic E-state index is 0.186. The summed E-state index contributed by atoms with van der Waals surface area (Å²) in [5.41, 5.74) is 0. The fourth-order valence-corrected chi connectivity index (χ4v) is 0.803. The van der Waals surface area contributed by atoms with Crippen molar-refractivity contribution in [3.63, 3.8) is 0 Å². The van der Waals surface area contributed by atoms with Crippen molar-refractivity contribution < 1.29 is 14.9 Å². The van der Waals surface area contributed by atoms with Gasteiger partial charge in [-0.05, 0) is 0 Å². The van der Waals surface area contributed by atoms with Crippen molar-refractivity contribution in [2.75, 3.05) is 25.2 Å². The van der Waals surface area contributed by atoms with Gasteiger partial charge < -0.3 is 14.9 Å². The number of rotatable bonds is 6. The largest absolute Gasteiger partial charge is 0.394 e. The summed E-state index contributed by atoms with van der Waals surface area (Å²) in [7, 11) is 0. The van der Waals surface area contributed by atoms with E-state index in [1.807, 2.05) is 0 Å². The topological polar surface area (TPSA) is 49.7 Å². The van der Waals surface area contributed by atoms with E-state index in [9.17, 15) is 0 Å². The van der Waals surface area contributed by atoms with Gasteiger partial charge in [0.05, 0.1) is 19.8 Å². The van der Waals surface area contributed by atoms with E-state index in [0.717, 1.165) is 5.33 Å². The molecule has 0 rings (SSSR count). The minimum Gasteiger partial charge on any atom is -0.394 e. The van der Waals surface area contributed by atoms with Crippen LogP contribution in [-0.4, -0.2) is 46.3 Å². The molecule has 11 heavy (non-hydrogen) atoms. The van der Waals surface area contributed by atoms with Gasteiger partial charge in [0.25, 0.3) is 0 Å². The van der Waals surface area contributed by atoms with Gasteiger partial charge in [0.1, 0.15) is 6.10 Å². The summed E-state index contributed by atoms with van der Waals surface area (Å²) in [5, 5.41) is 18.1. The third-order valence-electron chi connectivity index (χ3n) is 0.987. The first-order valence-corrected chi connectivity index (χ1v) is 5.31. The zero-order chi connectivity index (χ0) is 8.69. The molecule has 0 saturated heterocycles. The molecule has 2 unspecified atom stereocenters. The number of hydrogen-bond acceptors (Lipinski definition) is 3. The SMILES string of the molecule is OCC(O)COCC(Br)CBr. The predicted molar refractivity (Wildman–Crippen MR) is 50.4 cm³/mol. The fraction of sp³-hybridized carbons (Fsp3) is 1.00. The highest BCUT2D eigenvalue weighted by molar-refractivity contribution is 9.12. The maximum Gasteiger partial charge on any atom is 0.100 e. The number of halogens is 2. The lowest BCUT2D eigenvalue weighted by Gasteiger charge is -2.09. The molecule has 68 valence electrons. The van der Waals surface area contributed by atoms with E-state index < -0.39 is 6.10 Å². The molecule has 0 heterocycles. The fourth-order valence-electron chi connectivity index (χ4n) is 0.429. The van der Waals surface area contributed by atoms with Crippen LogP contribution in [0.1, 0.15) is 0 Å². The molecule has 0 aliphatic carbocycles. The zero-order valence-electron chi connectivity index (χ0n) is 6.04. The zero-order valence-corrected chi connectivity index (χ0v) is 9.21. The Labute approximate surface area is 83.0 Å². The molecular weight excluding hydrogens is 280 g/mol. The summed E-state index contributed by atoms with van der Waals surface area (Å²) >= 11 is 6.59. The van der Waals surface area contributed by atoms with Crippen LogP contribution in [0, 0.1) is 0 Å². The molecule has 0 spiro atoms. The average Bonchev–Trinajstić information content (AvgIpc) is 2.04. The number of alkyl halides is 2. The molecule has 2 N–H and O–H groups in total. The smallest absolute Gasteiger partial charge is 0.100 e. The molecule has 2 atom stereocenters. The number of hydrogen-bond donors (Lipinski definition) is 2. The Balaban J connectivity index is 3.13. The first-order valence-electron chi connectivity index (χ1n) is 3.27. The standard InChI is InChI=1S/C6H12Br2O3/c7-1-5(8)3-11-4-6(10)2-9/h5-6,9-10H,1-4H2. The van der Waals surface area contributed by atoms with Crippen LogP contribution >= 0.6 is 31.9 Å². The molecule has 0 bridgehead atoms. The van der Waals surface area contributed by atoms with Crippen LogP contribution in [0.15, 0.2) is 0 Å². The van der Waals surface area contributed by atoms with Gasteiger partial charge in [0, 0.05) is 10.2 Å². The summed E-state index contributed by atoms with van der Waals surface area (Å²) in [6.45, 7) is 0.467. The third-order valence-corrected chi connectivity index (χ3v) is 3.23. The second-order valence-electron chi connectivity index (χ2n) is 2.13. The lowest BCUT2D eigenvalue weighted by molar-refractivity contribution is 0.00804. The van der Waals surface area contributed by atoms with Crippen molar-refractivity contribution >= 4 is 31.9 Å². The van der Waals surface area contributed by atoms with E-state index in [4.69, 9.17) is 14.9 Å². The summed E-state index contributed by atoms with van der Waals surface area (Å²) in [5.74, 6) is 0. The Bertz CT molecular complexity index is 81.9. The summed E-state index contributed by atoms with van der Waals surface area (Å²) < 4.78 is 5.05. The van der Waals surface area contributed by atoms with Gasteiger partial charge in [-0.1, -0.05) is 31.9 Å². The van der Waals surface area contributed by atoms with Gasteiger partial charge in [-0.3, -0.25) is 0 Å². The van der Waals surface area contributed by atoms with E-state index in [2.05, 4.69) is 31.9 Å². The molecule has 5 heteroatoms. The average molecular weight is 292 g/mol. The number of ether oxygens (including phenoxy) is 1. The van der Waals surface area contributed by atoms with Gasteiger partial charge in [0.2, 0.25) is 0 Å². The van der Waals surface area contributed by atoms with Crippen molar-refractivity contribution in [1.29, 1.82) is 0 Å². The maximum absolute atomic E-state index is 8.84. The Hall–Kier alpha value is 0.840. The quantitative estimate of drug-likeness (QED) is 0.702. The first-order chi connectivity index (χ1) is 5.20. The summed E-state index contributed by atoms with van der Waals surface area (Å²) in [6, 6.07) is 0. The first kappa shape index (κ1) is 11.8. The minimum atomic E-state index is -0.759. The van der Waals surface area contributed by atoms with Crippen molar-refractivity contribution in [3.05, 3.63) is 0 Å². The van der Waals surface area contributed by atoms with E-state index in [-0.39, 0.29) is 18.0 Å². The van der Waals surface area contributed by atoms with Crippen LogP contribution in [0.25, 0.3) is 0 Å². The molecule has 0 saturated carbocycles. The lowest BCUT2D eigenvalue weighted by Crippen LogP contribution is -2.22. The van der Waals surface area contributed by atoms with E-state index in [1.54, 1.807) is 0 Å². The Morgan fingerprint density at radius 2 is 2.00 bits per heavy atom. The molecule has 0 aliphatic rings. The van der Waals surface area contributed by atoms with Crippen molar-refractivity contribution in [2.45, 2.75) is 10.9 Å². The molecular formula is C6H12Br2O3. The normalized spacial score (nSPS) is 16.4. The molecule has 0 aliphatic heterocycles. The van der Waals surface area contributed by atoms with Crippen LogP contribution in [0.4, 0.5) is 0 Å². The molecule has 0 amide bonds. The van der Waals surface area contributed by atoms with Gasteiger partial charge in [-0.15, -0.1) is 0 Å². The highest BCUT2D eigenvalue weighted by Gasteiger charge is 2.04. The second kappa shape index (κ2) is 7.49. The van der Waals surface area contributed by atoms with E-state index in [1.165, 1.54) is 0 Å². The van der Waals surface area contributed by atoms with Gasteiger partial charge in [0.15, 0.2) is 0 Å². The van der Waals surface area contributed by atoms with Crippen LogP contribution in [0.3, 0.4) is 0 Å². The molecule has 0 fully saturated rings. The molecule has 0 radical (unpaired) electrons. The van der Waals surface area contributed by atoms with Crippen LogP contribution in [0.2, 0.25) is 0 Å². The highest BCUT2D eigenvalue weighted by Crippen LogP contribution is 2.03. The molecule has 0 aromatic heterocycles. The predicted octanol–water partition coefficient (Wildman–Crippen LogP) is 0.515. The van der Waals surface area contributed by atoms with E-state index >= 15 is 0 Å². The van der Waals surface area contributed by atoms with Crippen LogP contribution in [0.5, 0.6) is 0 Å². The molecule has 0 aromatic rings. The number of aliphatic hydroxyl groups is 2. The molecule has 3 nitrogen and oxygen atoms in total. The monoisotopic (exact) mass is 290 g/mol. The summed E-state index contributed by atoms with van der Waals surface area (Å²) in [4.78, 5) is 0.258. The van der Waals surface area contributed by atoms with Crippen LogP contribution in [-0.2, 0) is 4.74 Å².